The number of hydrogen-bond donors (Lipinski definition) is 3. The Morgan fingerprint density at radius 2 is 2.00 bits per heavy atom. The van der Waals surface area contributed by atoms with Crippen molar-refractivity contribution in [2.75, 3.05) is 33.7 Å². The zero-order chi connectivity index (χ0) is 24.8. The minimum absolute atomic E-state index is 0.0165. The highest BCUT2D eigenvalue weighted by Crippen LogP contribution is 2.34. The van der Waals surface area contributed by atoms with E-state index in [0.29, 0.717) is 25.4 Å². The first-order valence-corrected chi connectivity index (χ1v) is 13.4. The number of fused-ring (bicyclic) bond motifs is 1. The first-order valence-electron chi connectivity index (χ1n) is 13.4. The van der Waals surface area contributed by atoms with E-state index in [1.165, 1.54) is 22.0 Å². The second kappa shape index (κ2) is 11.6. The number of aliphatic hydroxyl groups is 1. The molecule has 0 unspecified atom stereocenters. The van der Waals surface area contributed by atoms with Gasteiger partial charge >= 0.3 is 0 Å². The Balaban J connectivity index is 1.29. The van der Waals surface area contributed by atoms with Crippen LogP contribution >= 0.6 is 0 Å². The van der Waals surface area contributed by atoms with Crippen molar-refractivity contribution in [2.24, 2.45) is 0 Å². The first kappa shape index (κ1) is 25.7. The number of rotatable bonds is 11. The summed E-state index contributed by atoms with van der Waals surface area (Å²) in [6.07, 6.45) is 12.2. The van der Waals surface area contributed by atoms with Crippen molar-refractivity contribution in [1.82, 2.24) is 20.1 Å². The van der Waals surface area contributed by atoms with Crippen LogP contribution < -0.4 is 5.32 Å². The highest BCUT2D eigenvalue weighted by atomic mass is 16.3. The van der Waals surface area contributed by atoms with Gasteiger partial charge in [0, 0.05) is 63.2 Å². The van der Waals surface area contributed by atoms with Gasteiger partial charge < -0.3 is 20.3 Å². The van der Waals surface area contributed by atoms with Gasteiger partial charge in [-0.3, -0.25) is 14.5 Å². The molecular weight excluding hydrogens is 440 g/mol. The molecule has 2 fully saturated rings. The smallest absolute Gasteiger partial charge is 0.223 e. The standard InChI is InChI=1S/C28H42N4O3/c1-31(2)27(34)10-15-29-26(33)11-17-32-16-5-6-23(32)19-22-20-30-25-8-7-21(18-24(22)25)9-14-28(35)12-3-4-13-28/h7-8,18,20,23,30,35H,3-6,9-17,19H2,1-2H3,(H,29,33)/t23-/m1/s1. The van der Waals surface area contributed by atoms with Gasteiger partial charge in [-0.2, -0.15) is 0 Å². The predicted molar refractivity (Wildman–Crippen MR) is 139 cm³/mol. The van der Waals surface area contributed by atoms with Crippen molar-refractivity contribution in [1.29, 1.82) is 0 Å². The molecule has 3 N–H and O–H groups in total. The van der Waals surface area contributed by atoms with Gasteiger partial charge in [0.2, 0.25) is 11.8 Å². The van der Waals surface area contributed by atoms with Gasteiger partial charge in [-0.1, -0.05) is 18.9 Å². The fourth-order valence-electron chi connectivity index (χ4n) is 5.75. The Labute approximate surface area is 209 Å². The van der Waals surface area contributed by atoms with E-state index in [9.17, 15) is 14.7 Å². The number of hydrogen-bond acceptors (Lipinski definition) is 4. The molecule has 1 aromatic heterocycles. The third-order valence-corrected chi connectivity index (χ3v) is 7.99. The number of aryl methyl sites for hydroxylation is 1. The Hall–Kier alpha value is -2.38. The molecular formula is C28H42N4O3. The molecule has 1 aromatic carbocycles. The van der Waals surface area contributed by atoms with Crippen molar-refractivity contribution in [3.8, 4) is 0 Å². The fourth-order valence-corrected chi connectivity index (χ4v) is 5.75. The Bertz CT molecular complexity index is 1010. The van der Waals surface area contributed by atoms with Crippen LogP contribution in [0, 0.1) is 0 Å². The van der Waals surface area contributed by atoms with E-state index in [1.54, 1.807) is 19.0 Å². The molecule has 7 nitrogen and oxygen atoms in total. The van der Waals surface area contributed by atoms with Crippen molar-refractivity contribution in [3.05, 3.63) is 35.5 Å². The van der Waals surface area contributed by atoms with E-state index in [-0.39, 0.29) is 11.8 Å². The van der Waals surface area contributed by atoms with Crippen LogP contribution in [-0.2, 0) is 22.4 Å². The number of likely N-dealkylation sites (tertiary alicyclic amines) is 1. The zero-order valence-corrected chi connectivity index (χ0v) is 21.4. The van der Waals surface area contributed by atoms with Crippen LogP contribution in [-0.4, -0.2) is 77.1 Å². The largest absolute Gasteiger partial charge is 0.390 e. The molecule has 0 radical (unpaired) electrons. The van der Waals surface area contributed by atoms with Crippen molar-refractivity contribution in [2.45, 2.75) is 82.3 Å². The van der Waals surface area contributed by atoms with Gasteiger partial charge in [0.15, 0.2) is 0 Å². The second-order valence-corrected chi connectivity index (χ2v) is 10.8. The van der Waals surface area contributed by atoms with Crippen molar-refractivity contribution < 1.29 is 14.7 Å². The maximum atomic E-state index is 12.3. The highest BCUT2D eigenvalue weighted by Gasteiger charge is 2.30. The highest BCUT2D eigenvalue weighted by molar-refractivity contribution is 5.84. The quantitative estimate of drug-likeness (QED) is 0.458. The Morgan fingerprint density at radius 1 is 1.20 bits per heavy atom. The summed E-state index contributed by atoms with van der Waals surface area (Å²) in [7, 11) is 3.46. The molecule has 192 valence electrons. The molecule has 0 bridgehead atoms. The lowest BCUT2D eigenvalue weighted by Gasteiger charge is -2.24. The topological polar surface area (TPSA) is 88.7 Å². The summed E-state index contributed by atoms with van der Waals surface area (Å²) >= 11 is 0. The van der Waals surface area contributed by atoms with Crippen LogP contribution in [0.15, 0.2) is 24.4 Å². The minimum Gasteiger partial charge on any atom is -0.390 e. The summed E-state index contributed by atoms with van der Waals surface area (Å²) in [6, 6.07) is 7.11. The van der Waals surface area contributed by atoms with E-state index < -0.39 is 5.60 Å². The van der Waals surface area contributed by atoms with Crippen LogP contribution in [0.5, 0.6) is 0 Å². The maximum absolute atomic E-state index is 12.3. The van der Waals surface area contributed by atoms with Gasteiger partial charge in [-0.15, -0.1) is 0 Å². The van der Waals surface area contributed by atoms with Gasteiger partial charge in [-0.05, 0) is 74.8 Å². The van der Waals surface area contributed by atoms with Gasteiger partial charge in [0.25, 0.3) is 0 Å². The zero-order valence-electron chi connectivity index (χ0n) is 21.4. The molecule has 1 aliphatic heterocycles. The second-order valence-electron chi connectivity index (χ2n) is 10.8. The Morgan fingerprint density at radius 3 is 2.77 bits per heavy atom. The van der Waals surface area contributed by atoms with E-state index in [1.807, 2.05) is 0 Å². The van der Waals surface area contributed by atoms with E-state index in [2.05, 4.69) is 39.6 Å². The predicted octanol–water partition coefficient (Wildman–Crippen LogP) is 3.40. The molecule has 2 amide bonds. The van der Waals surface area contributed by atoms with Gasteiger partial charge in [0.1, 0.15) is 0 Å². The maximum Gasteiger partial charge on any atom is 0.223 e. The normalized spacial score (nSPS) is 19.9. The molecule has 1 saturated carbocycles. The van der Waals surface area contributed by atoms with Crippen LogP contribution in [0.4, 0.5) is 0 Å². The molecule has 35 heavy (non-hydrogen) atoms. The van der Waals surface area contributed by atoms with Crippen LogP contribution in [0.3, 0.4) is 0 Å². The summed E-state index contributed by atoms with van der Waals surface area (Å²) in [4.78, 5) is 31.4. The SMILES string of the molecule is CN(C)C(=O)CCNC(=O)CCN1CCC[C@@H]1Cc1c[nH]c2ccc(CCC3(O)CCCC3)cc12. The molecule has 2 heterocycles. The number of amides is 2. The molecule has 7 heteroatoms. The van der Waals surface area contributed by atoms with Crippen LogP contribution in [0.1, 0.15) is 68.9 Å². The Kier molecular flexibility index (Phi) is 8.50. The van der Waals surface area contributed by atoms with Crippen molar-refractivity contribution >= 4 is 22.7 Å². The molecule has 2 aliphatic rings. The molecule has 1 aliphatic carbocycles. The summed E-state index contributed by atoms with van der Waals surface area (Å²) < 4.78 is 0. The summed E-state index contributed by atoms with van der Waals surface area (Å²) in [5.41, 5.74) is 3.34. The minimum atomic E-state index is -0.464. The summed E-state index contributed by atoms with van der Waals surface area (Å²) in [5, 5.41) is 14.9. The summed E-state index contributed by atoms with van der Waals surface area (Å²) in [5.74, 6) is 0.0454. The fraction of sp³-hybridized carbons (Fsp3) is 0.643. The lowest BCUT2D eigenvalue weighted by atomic mass is 9.92. The first-order chi connectivity index (χ1) is 16.8. The van der Waals surface area contributed by atoms with Gasteiger partial charge in [-0.25, -0.2) is 0 Å². The molecule has 1 saturated heterocycles. The number of aromatic nitrogens is 1. The average molecular weight is 483 g/mol. The third kappa shape index (κ3) is 6.85. The lowest BCUT2D eigenvalue weighted by Crippen LogP contribution is -2.36. The number of aromatic amines is 1. The number of H-pyrrole nitrogens is 1. The van der Waals surface area contributed by atoms with Crippen LogP contribution in [0.2, 0.25) is 0 Å². The number of carbonyl (C=O) groups excluding carboxylic acids is 2. The number of nitrogens with zero attached hydrogens (tertiary/aromatic N) is 2. The van der Waals surface area contributed by atoms with E-state index >= 15 is 0 Å². The van der Waals surface area contributed by atoms with E-state index in [4.69, 9.17) is 0 Å². The number of nitrogens with one attached hydrogen (secondary N) is 2. The monoisotopic (exact) mass is 482 g/mol. The number of benzene rings is 1. The molecule has 0 spiro atoms. The third-order valence-electron chi connectivity index (χ3n) is 7.99. The lowest BCUT2D eigenvalue weighted by molar-refractivity contribution is -0.128. The van der Waals surface area contributed by atoms with Crippen molar-refractivity contribution in [3.63, 3.8) is 0 Å². The molecule has 1 atom stereocenters. The summed E-state index contributed by atoms with van der Waals surface area (Å²) in [6.45, 7) is 2.18. The van der Waals surface area contributed by atoms with E-state index in [0.717, 1.165) is 70.9 Å². The van der Waals surface area contributed by atoms with Gasteiger partial charge in [0.05, 0.1) is 5.60 Å². The average Bonchev–Trinajstić information content (AvgIpc) is 3.57. The number of carbonyl (C=O) groups is 2. The molecule has 4 rings (SSSR count). The molecule has 2 aromatic rings. The van der Waals surface area contributed by atoms with Crippen LogP contribution in [0.25, 0.3) is 10.9 Å².